The number of aromatic nitrogens is 3. The summed E-state index contributed by atoms with van der Waals surface area (Å²) in [6.07, 6.45) is 7.29. The fourth-order valence-corrected chi connectivity index (χ4v) is 1.30. The Bertz CT molecular complexity index is 430. The molecule has 3 nitrogen and oxygen atoms in total. The standard InChI is InChI=1S/C11H11N3/c1-2-4-10-5-3-6-11(7-10)14-9-12-8-13-14/h2-9H,1H3/b4-2+. The van der Waals surface area contributed by atoms with Crippen LogP contribution in [0.5, 0.6) is 0 Å². The van der Waals surface area contributed by atoms with E-state index in [1.54, 1.807) is 11.0 Å². The summed E-state index contributed by atoms with van der Waals surface area (Å²) < 4.78 is 1.74. The van der Waals surface area contributed by atoms with Gasteiger partial charge in [-0.25, -0.2) is 9.67 Å². The zero-order valence-corrected chi connectivity index (χ0v) is 7.96. The molecule has 0 amide bonds. The van der Waals surface area contributed by atoms with Crippen LogP contribution < -0.4 is 0 Å². The summed E-state index contributed by atoms with van der Waals surface area (Å²) in [4.78, 5) is 3.91. The first kappa shape index (κ1) is 8.69. The van der Waals surface area contributed by atoms with Crippen molar-refractivity contribution in [3.63, 3.8) is 0 Å². The van der Waals surface area contributed by atoms with Gasteiger partial charge in [-0.2, -0.15) is 5.10 Å². The second-order valence-electron chi connectivity index (χ2n) is 2.94. The Labute approximate surface area is 82.7 Å². The Morgan fingerprint density at radius 2 is 2.29 bits per heavy atom. The number of benzene rings is 1. The zero-order valence-electron chi connectivity index (χ0n) is 7.96. The normalized spacial score (nSPS) is 10.9. The lowest BCUT2D eigenvalue weighted by atomic mass is 10.2. The number of rotatable bonds is 2. The van der Waals surface area contributed by atoms with E-state index in [2.05, 4.69) is 28.3 Å². The molecular formula is C11H11N3. The number of hydrogen-bond acceptors (Lipinski definition) is 2. The smallest absolute Gasteiger partial charge is 0.138 e. The zero-order chi connectivity index (χ0) is 9.80. The van der Waals surface area contributed by atoms with Crippen LogP contribution in [0.4, 0.5) is 0 Å². The Morgan fingerprint density at radius 1 is 1.36 bits per heavy atom. The summed E-state index contributed by atoms with van der Waals surface area (Å²) in [6.45, 7) is 2.00. The van der Waals surface area contributed by atoms with Crippen molar-refractivity contribution < 1.29 is 0 Å². The Hall–Kier alpha value is -1.90. The number of allylic oxidation sites excluding steroid dienone is 1. The van der Waals surface area contributed by atoms with Crippen LogP contribution in [0.25, 0.3) is 11.8 Å². The Morgan fingerprint density at radius 3 is 3.00 bits per heavy atom. The average Bonchev–Trinajstić information content (AvgIpc) is 2.71. The van der Waals surface area contributed by atoms with Gasteiger partial charge in [0.15, 0.2) is 0 Å². The van der Waals surface area contributed by atoms with Gasteiger partial charge in [0.25, 0.3) is 0 Å². The van der Waals surface area contributed by atoms with E-state index < -0.39 is 0 Å². The van der Waals surface area contributed by atoms with E-state index in [9.17, 15) is 0 Å². The summed E-state index contributed by atoms with van der Waals surface area (Å²) in [7, 11) is 0. The van der Waals surface area contributed by atoms with Crippen LogP contribution in [-0.4, -0.2) is 14.8 Å². The quantitative estimate of drug-likeness (QED) is 0.718. The average molecular weight is 185 g/mol. The van der Waals surface area contributed by atoms with Crippen molar-refractivity contribution in [2.45, 2.75) is 6.92 Å². The molecule has 70 valence electrons. The van der Waals surface area contributed by atoms with Crippen molar-refractivity contribution in [1.29, 1.82) is 0 Å². The third-order valence-corrected chi connectivity index (χ3v) is 1.91. The first-order valence-electron chi connectivity index (χ1n) is 4.48. The highest BCUT2D eigenvalue weighted by molar-refractivity contribution is 5.52. The maximum absolute atomic E-state index is 4.07. The molecule has 3 heteroatoms. The molecule has 0 N–H and O–H groups in total. The van der Waals surface area contributed by atoms with E-state index in [0.29, 0.717) is 0 Å². The van der Waals surface area contributed by atoms with Gasteiger partial charge in [-0.05, 0) is 24.6 Å². The maximum atomic E-state index is 4.07. The Balaban J connectivity index is 2.40. The van der Waals surface area contributed by atoms with E-state index in [1.807, 2.05) is 25.1 Å². The van der Waals surface area contributed by atoms with Gasteiger partial charge < -0.3 is 0 Å². The topological polar surface area (TPSA) is 30.7 Å². The number of nitrogens with zero attached hydrogens (tertiary/aromatic N) is 3. The minimum atomic E-state index is 1.03. The van der Waals surface area contributed by atoms with Gasteiger partial charge in [-0.3, -0.25) is 0 Å². The molecule has 0 aliphatic heterocycles. The maximum Gasteiger partial charge on any atom is 0.138 e. The van der Waals surface area contributed by atoms with Gasteiger partial charge >= 0.3 is 0 Å². The molecule has 1 aromatic heterocycles. The van der Waals surface area contributed by atoms with Crippen LogP contribution in [0.2, 0.25) is 0 Å². The summed E-state index contributed by atoms with van der Waals surface area (Å²) >= 11 is 0. The van der Waals surface area contributed by atoms with Crippen molar-refractivity contribution in [1.82, 2.24) is 14.8 Å². The fourth-order valence-electron chi connectivity index (χ4n) is 1.30. The van der Waals surface area contributed by atoms with Crippen molar-refractivity contribution in [3.05, 3.63) is 48.6 Å². The van der Waals surface area contributed by atoms with Crippen LogP contribution in [-0.2, 0) is 0 Å². The molecule has 0 fully saturated rings. The largest absolute Gasteiger partial charge is 0.223 e. The highest BCUT2D eigenvalue weighted by Crippen LogP contribution is 2.09. The molecule has 0 bridgehead atoms. The van der Waals surface area contributed by atoms with E-state index in [4.69, 9.17) is 0 Å². The summed E-state index contributed by atoms with van der Waals surface area (Å²) in [5.41, 5.74) is 2.19. The summed E-state index contributed by atoms with van der Waals surface area (Å²) in [5, 5.41) is 4.07. The first-order chi connectivity index (χ1) is 6.90. The lowest BCUT2D eigenvalue weighted by molar-refractivity contribution is 0.878. The minimum absolute atomic E-state index is 1.03. The van der Waals surface area contributed by atoms with Crippen LogP contribution in [0.15, 0.2) is 43.0 Å². The molecule has 2 aromatic rings. The van der Waals surface area contributed by atoms with Crippen molar-refractivity contribution in [2.75, 3.05) is 0 Å². The SMILES string of the molecule is C/C=C/c1cccc(-n2cncn2)c1. The van der Waals surface area contributed by atoms with Crippen molar-refractivity contribution in [2.24, 2.45) is 0 Å². The molecule has 0 radical (unpaired) electrons. The predicted molar refractivity (Wildman–Crippen MR) is 56.1 cm³/mol. The van der Waals surface area contributed by atoms with Crippen molar-refractivity contribution >= 4 is 6.08 Å². The molecule has 0 aliphatic carbocycles. The molecule has 1 heterocycles. The van der Waals surface area contributed by atoms with Gasteiger partial charge in [0.2, 0.25) is 0 Å². The van der Waals surface area contributed by atoms with Crippen LogP contribution >= 0.6 is 0 Å². The Kier molecular flexibility index (Phi) is 2.40. The van der Waals surface area contributed by atoms with Crippen molar-refractivity contribution in [3.8, 4) is 5.69 Å². The third-order valence-electron chi connectivity index (χ3n) is 1.91. The predicted octanol–water partition coefficient (Wildman–Crippen LogP) is 2.30. The van der Waals surface area contributed by atoms with Crippen LogP contribution in [0.3, 0.4) is 0 Å². The molecule has 0 aliphatic rings. The molecule has 2 rings (SSSR count). The van der Waals surface area contributed by atoms with Gasteiger partial charge in [0.1, 0.15) is 12.7 Å². The minimum Gasteiger partial charge on any atom is -0.223 e. The number of hydrogen-bond donors (Lipinski definition) is 0. The van der Waals surface area contributed by atoms with E-state index in [1.165, 1.54) is 11.9 Å². The molecule has 14 heavy (non-hydrogen) atoms. The van der Waals surface area contributed by atoms with Crippen LogP contribution in [0.1, 0.15) is 12.5 Å². The van der Waals surface area contributed by atoms with Gasteiger partial charge in [-0.15, -0.1) is 0 Å². The van der Waals surface area contributed by atoms with Crippen LogP contribution in [0, 0.1) is 0 Å². The third kappa shape index (κ3) is 1.71. The summed E-state index contributed by atoms with van der Waals surface area (Å²) in [5.74, 6) is 0. The fraction of sp³-hybridized carbons (Fsp3) is 0.0909. The van der Waals surface area contributed by atoms with Gasteiger partial charge in [0.05, 0.1) is 5.69 Å². The van der Waals surface area contributed by atoms with Gasteiger partial charge in [0, 0.05) is 0 Å². The lowest BCUT2D eigenvalue weighted by Gasteiger charge is -2.00. The van der Waals surface area contributed by atoms with E-state index >= 15 is 0 Å². The highest BCUT2D eigenvalue weighted by Gasteiger charge is 1.95. The molecule has 0 saturated heterocycles. The molecule has 1 aromatic carbocycles. The monoisotopic (exact) mass is 185 g/mol. The van der Waals surface area contributed by atoms with Gasteiger partial charge in [-0.1, -0.05) is 24.3 Å². The second kappa shape index (κ2) is 3.87. The van der Waals surface area contributed by atoms with E-state index in [-0.39, 0.29) is 0 Å². The molecule has 0 atom stereocenters. The lowest BCUT2D eigenvalue weighted by Crippen LogP contribution is -1.93. The molecule has 0 spiro atoms. The molecular weight excluding hydrogens is 174 g/mol. The van der Waals surface area contributed by atoms with E-state index in [0.717, 1.165) is 5.69 Å². The molecule has 0 saturated carbocycles. The second-order valence-corrected chi connectivity index (χ2v) is 2.94. The first-order valence-corrected chi connectivity index (χ1v) is 4.48. The highest BCUT2D eigenvalue weighted by atomic mass is 15.3. The molecule has 0 unspecified atom stereocenters. The summed E-state index contributed by atoms with van der Waals surface area (Å²) in [6, 6.07) is 8.13.